The molecule has 1 heterocycles. The molecule has 1 aromatic carbocycles. The Hall–Kier alpha value is -1.51. The van der Waals surface area contributed by atoms with E-state index in [1.165, 1.54) is 0 Å². The monoisotopic (exact) mass is 233 g/mol. The summed E-state index contributed by atoms with van der Waals surface area (Å²) in [5.74, 6) is 1.30. The predicted molar refractivity (Wildman–Crippen MR) is 68.6 cm³/mol. The molecule has 0 bridgehead atoms. The number of anilines is 1. The standard InChI is InChI=1S/C14H19NO2/c1-5-17-12-8-6-7-11-13(12)9(2)10(3)14(16)15(11)4/h6-10H,5H2,1-4H3. The van der Waals surface area contributed by atoms with Gasteiger partial charge in [0.15, 0.2) is 0 Å². The maximum absolute atomic E-state index is 12.1. The highest BCUT2D eigenvalue weighted by Crippen LogP contribution is 2.43. The van der Waals surface area contributed by atoms with E-state index in [2.05, 4.69) is 6.92 Å². The van der Waals surface area contributed by atoms with Crippen LogP contribution in [-0.2, 0) is 4.79 Å². The van der Waals surface area contributed by atoms with E-state index in [1.54, 1.807) is 4.90 Å². The number of benzene rings is 1. The maximum Gasteiger partial charge on any atom is 0.230 e. The first-order valence-corrected chi connectivity index (χ1v) is 6.11. The van der Waals surface area contributed by atoms with Crippen molar-refractivity contribution in [2.75, 3.05) is 18.6 Å². The topological polar surface area (TPSA) is 29.5 Å². The van der Waals surface area contributed by atoms with E-state index in [1.807, 2.05) is 39.1 Å². The van der Waals surface area contributed by atoms with Gasteiger partial charge in [0.1, 0.15) is 5.75 Å². The van der Waals surface area contributed by atoms with Gasteiger partial charge in [-0.3, -0.25) is 4.79 Å². The SMILES string of the molecule is CCOc1cccc2c1C(C)C(C)C(=O)N2C. The summed E-state index contributed by atoms with van der Waals surface area (Å²) in [6, 6.07) is 5.91. The number of hydrogen-bond acceptors (Lipinski definition) is 2. The smallest absolute Gasteiger partial charge is 0.230 e. The van der Waals surface area contributed by atoms with Crippen LogP contribution in [0.2, 0.25) is 0 Å². The molecule has 0 saturated heterocycles. The zero-order chi connectivity index (χ0) is 12.6. The van der Waals surface area contributed by atoms with Crippen LogP contribution in [0.15, 0.2) is 18.2 Å². The summed E-state index contributed by atoms with van der Waals surface area (Å²) in [7, 11) is 1.83. The number of hydrogen-bond donors (Lipinski definition) is 0. The van der Waals surface area contributed by atoms with Gasteiger partial charge >= 0.3 is 0 Å². The Balaban J connectivity index is 2.56. The average molecular weight is 233 g/mol. The molecule has 0 radical (unpaired) electrons. The molecular weight excluding hydrogens is 214 g/mol. The highest BCUT2D eigenvalue weighted by Gasteiger charge is 2.35. The number of rotatable bonds is 2. The zero-order valence-electron chi connectivity index (χ0n) is 10.9. The second kappa shape index (κ2) is 4.40. The summed E-state index contributed by atoms with van der Waals surface area (Å²) in [4.78, 5) is 13.8. The van der Waals surface area contributed by atoms with Crippen LogP contribution in [0, 0.1) is 5.92 Å². The maximum atomic E-state index is 12.1. The third-order valence-corrected chi connectivity index (χ3v) is 3.63. The van der Waals surface area contributed by atoms with Gasteiger partial charge in [-0.05, 0) is 25.0 Å². The highest BCUT2D eigenvalue weighted by atomic mass is 16.5. The zero-order valence-corrected chi connectivity index (χ0v) is 10.9. The first-order valence-electron chi connectivity index (χ1n) is 6.11. The molecule has 17 heavy (non-hydrogen) atoms. The van der Waals surface area contributed by atoms with Gasteiger partial charge in [0.05, 0.1) is 12.3 Å². The summed E-state index contributed by atoms with van der Waals surface area (Å²) < 4.78 is 5.67. The van der Waals surface area contributed by atoms with E-state index in [0.29, 0.717) is 6.61 Å². The Morgan fingerprint density at radius 2 is 2.00 bits per heavy atom. The molecule has 1 amide bonds. The molecule has 0 aromatic heterocycles. The third-order valence-electron chi connectivity index (χ3n) is 3.63. The van der Waals surface area contributed by atoms with Crippen LogP contribution in [0.4, 0.5) is 5.69 Å². The van der Waals surface area contributed by atoms with Gasteiger partial charge in [-0.1, -0.05) is 19.9 Å². The molecule has 0 aliphatic carbocycles. The third kappa shape index (κ3) is 1.79. The van der Waals surface area contributed by atoms with Crippen molar-refractivity contribution >= 4 is 11.6 Å². The minimum absolute atomic E-state index is 0.00843. The second-order valence-electron chi connectivity index (χ2n) is 4.60. The Labute approximate surface area is 102 Å². The number of ether oxygens (including phenoxy) is 1. The van der Waals surface area contributed by atoms with Gasteiger partial charge in [0.25, 0.3) is 0 Å². The average Bonchev–Trinajstić information content (AvgIpc) is 2.34. The Bertz CT molecular complexity index is 442. The van der Waals surface area contributed by atoms with Gasteiger partial charge in [-0.25, -0.2) is 0 Å². The lowest BCUT2D eigenvalue weighted by atomic mass is 9.82. The van der Waals surface area contributed by atoms with Crippen molar-refractivity contribution in [1.82, 2.24) is 0 Å². The van der Waals surface area contributed by atoms with Crippen molar-refractivity contribution in [2.24, 2.45) is 5.92 Å². The molecule has 0 saturated carbocycles. The van der Waals surface area contributed by atoms with E-state index in [4.69, 9.17) is 4.74 Å². The fourth-order valence-corrected chi connectivity index (χ4v) is 2.45. The first-order chi connectivity index (χ1) is 8.07. The molecule has 3 nitrogen and oxygen atoms in total. The number of carbonyl (C=O) groups excluding carboxylic acids is 1. The van der Waals surface area contributed by atoms with E-state index in [0.717, 1.165) is 17.0 Å². The van der Waals surface area contributed by atoms with Crippen molar-refractivity contribution in [3.8, 4) is 5.75 Å². The molecule has 3 heteroatoms. The number of fused-ring (bicyclic) bond motifs is 1. The van der Waals surface area contributed by atoms with Gasteiger partial charge in [0, 0.05) is 18.5 Å². The quantitative estimate of drug-likeness (QED) is 0.786. The van der Waals surface area contributed by atoms with Crippen LogP contribution in [0.5, 0.6) is 5.75 Å². The molecule has 0 spiro atoms. The van der Waals surface area contributed by atoms with Crippen molar-refractivity contribution in [3.05, 3.63) is 23.8 Å². The molecule has 1 aliphatic rings. The van der Waals surface area contributed by atoms with Crippen LogP contribution in [0.25, 0.3) is 0 Å². The number of nitrogens with zero attached hydrogens (tertiary/aromatic N) is 1. The normalized spacial score (nSPS) is 23.5. The van der Waals surface area contributed by atoms with Crippen LogP contribution in [0.3, 0.4) is 0 Å². The van der Waals surface area contributed by atoms with Crippen molar-refractivity contribution < 1.29 is 9.53 Å². The molecule has 1 aromatic rings. The van der Waals surface area contributed by atoms with Gasteiger partial charge in [0.2, 0.25) is 5.91 Å². The van der Waals surface area contributed by atoms with E-state index < -0.39 is 0 Å². The molecule has 2 unspecified atom stereocenters. The lowest BCUT2D eigenvalue weighted by Gasteiger charge is -2.35. The van der Waals surface area contributed by atoms with E-state index >= 15 is 0 Å². The minimum Gasteiger partial charge on any atom is -0.494 e. The van der Waals surface area contributed by atoms with Crippen molar-refractivity contribution in [3.63, 3.8) is 0 Å². The Morgan fingerprint density at radius 3 is 2.65 bits per heavy atom. The summed E-state index contributed by atoms with van der Waals surface area (Å²) in [5, 5.41) is 0. The molecule has 1 aliphatic heterocycles. The van der Waals surface area contributed by atoms with Crippen LogP contribution < -0.4 is 9.64 Å². The van der Waals surface area contributed by atoms with Gasteiger partial charge < -0.3 is 9.64 Å². The molecule has 0 fully saturated rings. The first kappa shape index (κ1) is 12.0. The molecule has 0 N–H and O–H groups in total. The number of amides is 1. The fraction of sp³-hybridized carbons (Fsp3) is 0.500. The molecular formula is C14H19NO2. The van der Waals surface area contributed by atoms with E-state index in [9.17, 15) is 4.79 Å². The van der Waals surface area contributed by atoms with Crippen molar-refractivity contribution in [1.29, 1.82) is 0 Å². The van der Waals surface area contributed by atoms with Gasteiger partial charge in [-0.2, -0.15) is 0 Å². The Morgan fingerprint density at radius 1 is 1.29 bits per heavy atom. The second-order valence-corrected chi connectivity index (χ2v) is 4.60. The van der Waals surface area contributed by atoms with Gasteiger partial charge in [-0.15, -0.1) is 0 Å². The van der Waals surface area contributed by atoms with Crippen molar-refractivity contribution in [2.45, 2.75) is 26.7 Å². The predicted octanol–water partition coefficient (Wildman–Crippen LogP) is 2.80. The minimum atomic E-state index is 0.00843. The highest BCUT2D eigenvalue weighted by molar-refractivity contribution is 5.98. The van der Waals surface area contributed by atoms with E-state index in [-0.39, 0.29) is 17.7 Å². The van der Waals surface area contributed by atoms with Crippen LogP contribution in [-0.4, -0.2) is 19.6 Å². The lowest BCUT2D eigenvalue weighted by molar-refractivity contribution is -0.122. The fourth-order valence-electron chi connectivity index (χ4n) is 2.45. The number of carbonyl (C=O) groups is 1. The summed E-state index contributed by atoms with van der Waals surface area (Å²) in [6.45, 7) is 6.70. The summed E-state index contributed by atoms with van der Waals surface area (Å²) in [5.41, 5.74) is 2.13. The summed E-state index contributed by atoms with van der Waals surface area (Å²) in [6.07, 6.45) is 0. The van der Waals surface area contributed by atoms with Crippen LogP contribution >= 0.6 is 0 Å². The Kier molecular flexibility index (Phi) is 3.09. The molecule has 92 valence electrons. The van der Waals surface area contributed by atoms with Crippen LogP contribution in [0.1, 0.15) is 32.3 Å². The largest absolute Gasteiger partial charge is 0.494 e. The lowest BCUT2D eigenvalue weighted by Crippen LogP contribution is -2.39. The summed E-state index contributed by atoms with van der Waals surface area (Å²) >= 11 is 0. The molecule has 2 atom stereocenters. The molecule has 2 rings (SSSR count).